The number of rotatable bonds is 10. The summed E-state index contributed by atoms with van der Waals surface area (Å²) in [5.74, 6) is -0.587. The van der Waals surface area contributed by atoms with Crippen molar-refractivity contribution < 1.29 is 18.0 Å². The molecule has 0 unspecified atom stereocenters. The summed E-state index contributed by atoms with van der Waals surface area (Å²) in [5.41, 5.74) is 6.55. The van der Waals surface area contributed by atoms with Crippen molar-refractivity contribution in [2.24, 2.45) is 0 Å². The molecule has 0 fully saturated rings. The number of aryl methyl sites for hydroxylation is 1. The molecule has 0 atom stereocenters. The molecule has 0 saturated carbocycles. The zero-order valence-corrected chi connectivity index (χ0v) is 25.6. The monoisotopic (exact) mass is 596 g/mol. The third-order valence-electron chi connectivity index (χ3n) is 7.86. The molecule has 2 heterocycles. The maximum Gasteiger partial charge on any atom is 0.256 e. The summed E-state index contributed by atoms with van der Waals surface area (Å²) >= 11 is 0. The SMILES string of the molecule is CCN(CCNC)C(=O)c1c(C)[nH]c(/C=C2\C(=O)Nc3ccc(S(=O)(=O)Cc4ccccc4-c4ccccc4)cc32)c1C. The molecule has 8 nitrogen and oxygen atoms in total. The van der Waals surface area contributed by atoms with Crippen LogP contribution in [-0.2, 0) is 20.4 Å². The van der Waals surface area contributed by atoms with Gasteiger partial charge in [-0.2, -0.15) is 0 Å². The zero-order valence-electron chi connectivity index (χ0n) is 24.8. The minimum atomic E-state index is -3.75. The van der Waals surface area contributed by atoms with E-state index in [2.05, 4.69) is 15.6 Å². The van der Waals surface area contributed by atoms with Crippen LogP contribution in [0.2, 0.25) is 0 Å². The van der Waals surface area contributed by atoms with E-state index >= 15 is 0 Å². The van der Waals surface area contributed by atoms with E-state index in [4.69, 9.17) is 0 Å². The van der Waals surface area contributed by atoms with Crippen LogP contribution < -0.4 is 10.6 Å². The average Bonchev–Trinajstić information content (AvgIpc) is 3.46. The molecule has 222 valence electrons. The largest absolute Gasteiger partial charge is 0.358 e. The number of carbonyl (C=O) groups excluding carboxylic acids is 2. The van der Waals surface area contributed by atoms with Gasteiger partial charge in [0.05, 0.1) is 21.8 Å². The van der Waals surface area contributed by atoms with Gasteiger partial charge in [0.25, 0.3) is 11.8 Å². The molecular formula is C34H36N4O4S. The fraction of sp³-hybridized carbons (Fsp3) is 0.235. The van der Waals surface area contributed by atoms with Crippen LogP contribution >= 0.6 is 0 Å². The Labute approximate surface area is 252 Å². The Morgan fingerprint density at radius 2 is 1.70 bits per heavy atom. The van der Waals surface area contributed by atoms with Crippen LogP contribution in [0.4, 0.5) is 5.69 Å². The molecule has 0 bridgehead atoms. The third kappa shape index (κ3) is 6.04. The van der Waals surface area contributed by atoms with Crippen molar-refractivity contribution in [1.82, 2.24) is 15.2 Å². The van der Waals surface area contributed by atoms with Gasteiger partial charge in [0, 0.05) is 42.3 Å². The maximum absolute atomic E-state index is 13.7. The number of H-pyrrole nitrogens is 1. The van der Waals surface area contributed by atoms with E-state index in [0.717, 1.165) is 16.7 Å². The summed E-state index contributed by atoms with van der Waals surface area (Å²) < 4.78 is 27.4. The van der Waals surface area contributed by atoms with E-state index in [9.17, 15) is 18.0 Å². The van der Waals surface area contributed by atoms with E-state index in [0.29, 0.717) is 59.0 Å². The second-order valence-electron chi connectivity index (χ2n) is 10.7. The molecule has 4 aromatic rings. The Morgan fingerprint density at radius 3 is 2.42 bits per heavy atom. The van der Waals surface area contributed by atoms with E-state index < -0.39 is 9.84 Å². The minimum absolute atomic E-state index is 0.0749. The molecule has 0 radical (unpaired) electrons. The van der Waals surface area contributed by atoms with Crippen LogP contribution in [0.5, 0.6) is 0 Å². The lowest BCUT2D eigenvalue weighted by atomic mass is 10.0. The molecule has 1 aliphatic heterocycles. The topological polar surface area (TPSA) is 111 Å². The number of aromatic nitrogens is 1. The van der Waals surface area contributed by atoms with E-state index in [1.165, 1.54) is 6.07 Å². The number of carbonyl (C=O) groups is 2. The van der Waals surface area contributed by atoms with Gasteiger partial charge >= 0.3 is 0 Å². The van der Waals surface area contributed by atoms with Crippen molar-refractivity contribution in [2.45, 2.75) is 31.4 Å². The number of sulfone groups is 1. The molecule has 2 amide bonds. The summed E-state index contributed by atoms with van der Waals surface area (Å²) in [6, 6.07) is 21.9. The highest BCUT2D eigenvalue weighted by Crippen LogP contribution is 2.37. The second-order valence-corrected chi connectivity index (χ2v) is 12.6. The van der Waals surface area contributed by atoms with Crippen LogP contribution in [0.15, 0.2) is 77.7 Å². The predicted octanol–water partition coefficient (Wildman–Crippen LogP) is 5.45. The summed E-state index contributed by atoms with van der Waals surface area (Å²) in [5, 5.41) is 5.92. The molecule has 9 heteroatoms. The van der Waals surface area contributed by atoms with Gasteiger partial charge in [-0.15, -0.1) is 0 Å². The first kappa shape index (κ1) is 30.0. The quantitative estimate of drug-likeness (QED) is 0.211. The van der Waals surface area contributed by atoms with Gasteiger partial charge in [-0.05, 0) is 74.3 Å². The van der Waals surface area contributed by atoms with Crippen LogP contribution in [0.3, 0.4) is 0 Å². The van der Waals surface area contributed by atoms with Crippen LogP contribution in [0.1, 0.15) is 45.4 Å². The number of amides is 2. The number of aromatic amines is 1. The highest BCUT2D eigenvalue weighted by molar-refractivity contribution is 7.90. The number of nitrogens with zero attached hydrogens (tertiary/aromatic N) is 1. The van der Waals surface area contributed by atoms with Crippen molar-refractivity contribution in [3.8, 4) is 11.1 Å². The maximum atomic E-state index is 13.7. The van der Waals surface area contributed by atoms with Crippen LogP contribution in [0, 0.1) is 13.8 Å². The Kier molecular flexibility index (Phi) is 8.66. The molecule has 0 aliphatic carbocycles. The van der Waals surface area contributed by atoms with Crippen LogP contribution in [-0.4, -0.2) is 56.8 Å². The van der Waals surface area contributed by atoms with Crippen molar-refractivity contribution in [1.29, 1.82) is 0 Å². The molecule has 43 heavy (non-hydrogen) atoms. The van der Waals surface area contributed by atoms with Gasteiger partial charge in [0.2, 0.25) is 0 Å². The number of nitrogens with one attached hydrogen (secondary N) is 3. The summed E-state index contributed by atoms with van der Waals surface area (Å²) in [6.07, 6.45) is 1.70. The molecule has 3 N–H and O–H groups in total. The molecule has 5 rings (SSSR count). The van der Waals surface area contributed by atoms with Crippen molar-refractivity contribution in [2.75, 3.05) is 32.0 Å². The molecule has 0 spiro atoms. The summed E-state index contributed by atoms with van der Waals surface area (Å²) in [6.45, 7) is 7.47. The van der Waals surface area contributed by atoms with Gasteiger partial charge in [-0.3, -0.25) is 9.59 Å². The minimum Gasteiger partial charge on any atom is -0.358 e. The van der Waals surface area contributed by atoms with Gasteiger partial charge in [-0.1, -0.05) is 54.6 Å². The molecular weight excluding hydrogens is 560 g/mol. The lowest BCUT2D eigenvalue weighted by molar-refractivity contribution is -0.110. The fourth-order valence-electron chi connectivity index (χ4n) is 5.53. The van der Waals surface area contributed by atoms with Gasteiger partial charge in [0.1, 0.15) is 0 Å². The summed E-state index contributed by atoms with van der Waals surface area (Å²) in [4.78, 5) is 31.6. The van der Waals surface area contributed by atoms with Gasteiger partial charge in [0.15, 0.2) is 9.84 Å². The normalized spacial score (nSPS) is 13.7. The van der Waals surface area contributed by atoms with Crippen molar-refractivity contribution in [3.05, 3.63) is 106 Å². The van der Waals surface area contributed by atoms with E-state index in [1.54, 1.807) is 23.1 Å². The number of hydrogen-bond donors (Lipinski definition) is 3. The Hall–Kier alpha value is -4.47. The average molecular weight is 597 g/mol. The third-order valence-corrected chi connectivity index (χ3v) is 9.52. The Morgan fingerprint density at radius 1 is 0.977 bits per heavy atom. The number of hydrogen-bond acceptors (Lipinski definition) is 5. The molecule has 1 aromatic heterocycles. The van der Waals surface area contributed by atoms with Gasteiger partial charge < -0.3 is 20.5 Å². The lowest BCUT2D eigenvalue weighted by Crippen LogP contribution is -2.36. The molecule has 1 aliphatic rings. The molecule has 0 saturated heterocycles. The summed E-state index contributed by atoms with van der Waals surface area (Å²) in [7, 11) is -1.90. The fourth-order valence-corrected chi connectivity index (χ4v) is 6.93. The Balaban J connectivity index is 1.48. The number of benzene rings is 3. The second kappa shape index (κ2) is 12.4. The highest BCUT2D eigenvalue weighted by Gasteiger charge is 2.29. The first-order valence-electron chi connectivity index (χ1n) is 14.3. The Bertz CT molecular complexity index is 1820. The first-order valence-corrected chi connectivity index (χ1v) is 16.0. The van der Waals surface area contributed by atoms with Crippen LogP contribution in [0.25, 0.3) is 22.8 Å². The predicted molar refractivity (Wildman–Crippen MR) is 171 cm³/mol. The number of anilines is 1. The van der Waals surface area contributed by atoms with E-state index in [-0.39, 0.29) is 22.5 Å². The number of likely N-dealkylation sites (N-methyl/N-ethyl adjacent to an activating group) is 2. The van der Waals surface area contributed by atoms with E-state index in [1.807, 2.05) is 82.4 Å². The van der Waals surface area contributed by atoms with Crippen molar-refractivity contribution >= 4 is 39.0 Å². The smallest absolute Gasteiger partial charge is 0.256 e. The lowest BCUT2D eigenvalue weighted by Gasteiger charge is -2.21. The first-order chi connectivity index (χ1) is 20.6. The van der Waals surface area contributed by atoms with Crippen molar-refractivity contribution in [3.63, 3.8) is 0 Å². The standard InChI is InChI=1S/C34H36N4O4S/c1-5-38(18-17-35-4)34(40)32-22(2)31(36-23(32)3)20-29-28-19-26(15-16-30(28)37-33(29)39)43(41,42)21-25-13-9-10-14-27(25)24-11-7-6-8-12-24/h6-16,19-20,35-36H,5,17-18,21H2,1-4H3,(H,37,39)/b29-20-. The highest BCUT2D eigenvalue weighted by atomic mass is 32.2. The molecule has 3 aromatic carbocycles. The van der Waals surface area contributed by atoms with Gasteiger partial charge in [-0.25, -0.2) is 8.42 Å². The zero-order chi connectivity index (χ0) is 30.7. The number of fused-ring (bicyclic) bond motifs is 1.